The van der Waals surface area contributed by atoms with E-state index in [9.17, 15) is 19.2 Å². The third kappa shape index (κ3) is 8.98. The molecule has 1 saturated heterocycles. The zero-order valence-electron chi connectivity index (χ0n) is 32.0. The van der Waals surface area contributed by atoms with Gasteiger partial charge in [0.05, 0.1) is 29.1 Å². The predicted octanol–water partition coefficient (Wildman–Crippen LogP) is 6.93. The van der Waals surface area contributed by atoms with Crippen LogP contribution in [0.15, 0.2) is 84.3 Å². The van der Waals surface area contributed by atoms with Crippen molar-refractivity contribution in [2.75, 3.05) is 13.2 Å². The van der Waals surface area contributed by atoms with Gasteiger partial charge < -0.3 is 29.7 Å². The lowest BCUT2D eigenvalue weighted by molar-refractivity contribution is -0.150. The second-order valence-corrected chi connectivity index (χ2v) is 16.5. The number of fused-ring (bicyclic) bond motifs is 3. The molecule has 3 amide bonds. The van der Waals surface area contributed by atoms with Crippen LogP contribution >= 0.6 is 11.3 Å². The molecule has 2 aromatic heterocycles. The van der Waals surface area contributed by atoms with Crippen molar-refractivity contribution >= 4 is 46.2 Å². The molecule has 4 heterocycles. The maximum absolute atomic E-state index is 14.7. The number of para-hydroxylation sites is 2. The first-order chi connectivity index (χ1) is 27.9. The molecule has 3 fully saturated rings. The van der Waals surface area contributed by atoms with Crippen LogP contribution in [0.2, 0.25) is 0 Å². The van der Waals surface area contributed by atoms with Crippen molar-refractivity contribution in [1.82, 2.24) is 25.5 Å². The molecule has 2 aliphatic heterocycles. The molecule has 13 heteroatoms. The Morgan fingerprint density at radius 1 is 0.895 bits per heavy atom. The van der Waals surface area contributed by atoms with Crippen LogP contribution in [0.4, 0.5) is 4.79 Å². The summed E-state index contributed by atoms with van der Waals surface area (Å²) in [5.41, 5.74) is 1.73. The molecule has 5 atom stereocenters. The summed E-state index contributed by atoms with van der Waals surface area (Å²) in [7, 11) is 0. The first-order valence-corrected chi connectivity index (χ1v) is 21.2. The highest BCUT2D eigenvalue weighted by Gasteiger charge is 2.62. The Balaban J connectivity index is 1.07. The molecule has 57 heavy (non-hydrogen) atoms. The van der Waals surface area contributed by atoms with Crippen LogP contribution in [0, 0.1) is 5.92 Å². The Labute approximate surface area is 336 Å². The Kier molecular flexibility index (Phi) is 11.8. The smallest absolute Gasteiger partial charge is 0.408 e. The van der Waals surface area contributed by atoms with E-state index in [0.29, 0.717) is 48.3 Å². The molecule has 2 saturated carbocycles. The number of hydrogen-bond donors (Lipinski definition) is 2. The zero-order chi connectivity index (χ0) is 39.2. The number of nitrogens with zero attached hydrogens (tertiary/aromatic N) is 3. The summed E-state index contributed by atoms with van der Waals surface area (Å²) >= 11 is 1.51. The van der Waals surface area contributed by atoms with Crippen molar-refractivity contribution in [3.05, 3.63) is 89.8 Å². The number of thiophene rings is 1. The van der Waals surface area contributed by atoms with Gasteiger partial charge in [-0.25, -0.2) is 19.6 Å². The quantitative estimate of drug-likeness (QED) is 0.136. The number of alkyl carbamates (subject to hydrolysis) is 1. The van der Waals surface area contributed by atoms with E-state index in [2.05, 4.69) is 16.7 Å². The minimum Gasteiger partial charge on any atom is -0.471 e. The maximum Gasteiger partial charge on any atom is 0.408 e. The predicted molar refractivity (Wildman–Crippen MR) is 215 cm³/mol. The summed E-state index contributed by atoms with van der Waals surface area (Å²) in [6, 6.07) is 19.3. The molecule has 12 nitrogen and oxygen atoms in total. The van der Waals surface area contributed by atoms with E-state index in [1.807, 2.05) is 78.2 Å². The number of nitrogens with one attached hydrogen (secondary N) is 2. The summed E-state index contributed by atoms with van der Waals surface area (Å²) in [6.07, 6.45) is 10.9. The van der Waals surface area contributed by atoms with Gasteiger partial charge in [-0.2, -0.15) is 0 Å². The van der Waals surface area contributed by atoms with Gasteiger partial charge >= 0.3 is 12.1 Å². The fourth-order valence-corrected chi connectivity index (χ4v) is 9.01. The highest BCUT2D eigenvalue weighted by molar-refractivity contribution is 7.13. The van der Waals surface area contributed by atoms with E-state index in [1.54, 1.807) is 0 Å². The molecule has 2 aliphatic carbocycles. The van der Waals surface area contributed by atoms with Crippen LogP contribution in [-0.2, 0) is 30.3 Å². The average Bonchev–Trinajstić information content (AvgIpc) is 3.72. The van der Waals surface area contributed by atoms with E-state index in [4.69, 9.17) is 24.2 Å². The van der Waals surface area contributed by atoms with Crippen LogP contribution in [0.1, 0.15) is 76.2 Å². The highest BCUT2D eigenvalue weighted by Crippen LogP contribution is 2.46. The Morgan fingerprint density at radius 3 is 2.46 bits per heavy atom. The van der Waals surface area contributed by atoms with Crippen LogP contribution in [0.3, 0.4) is 0 Å². The zero-order valence-corrected chi connectivity index (χ0v) is 32.8. The Hall–Kier alpha value is -5.30. The SMILES string of the molecule is O=C(N[C@@H]1CCCCC/C=C\C2CC2(C(=O)OCCc2ccccc2)NC(=O)C2C[C@@H](Oc3nc4ccccc4nc3-c3cccs3)CN2C1=O)OC1CCCC1. The number of carbonyl (C=O) groups is 4. The van der Waals surface area contributed by atoms with Crippen molar-refractivity contribution in [2.24, 2.45) is 5.92 Å². The molecular weight excluding hydrogens is 743 g/mol. The van der Waals surface area contributed by atoms with Crippen LogP contribution in [0.5, 0.6) is 5.88 Å². The van der Waals surface area contributed by atoms with E-state index < -0.39 is 47.6 Å². The number of allylic oxidation sites excluding steroid dienone is 1. The molecule has 4 aromatic rings. The second-order valence-electron chi connectivity index (χ2n) is 15.5. The van der Waals surface area contributed by atoms with E-state index in [0.717, 1.165) is 55.4 Å². The molecule has 0 spiro atoms. The Morgan fingerprint density at radius 2 is 1.67 bits per heavy atom. The van der Waals surface area contributed by atoms with Gasteiger partial charge in [-0.15, -0.1) is 11.3 Å². The molecule has 4 aliphatic rings. The number of carbonyl (C=O) groups excluding carboxylic acids is 4. The minimum absolute atomic E-state index is 0.0585. The number of aromatic nitrogens is 2. The third-order valence-corrected chi connectivity index (χ3v) is 12.4. The first kappa shape index (κ1) is 38.6. The molecule has 8 rings (SSSR count). The van der Waals surface area contributed by atoms with Gasteiger partial charge in [-0.05, 0) is 80.5 Å². The van der Waals surface area contributed by atoms with E-state index in [-0.39, 0.29) is 31.6 Å². The van der Waals surface area contributed by atoms with E-state index >= 15 is 0 Å². The summed E-state index contributed by atoms with van der Waals surface area (Å²) in [5, 5.41) is 7.90. The average molecular weight is 792 g/mol. The Bertz CT molecular complexity index is 2090. The standard InChI is InChI=1S/C44H49N5O7S/c50-39-36-26-32(55-40-38(37-22-13-25-57-37)45-33-19-11-12-20-34(33)46-40)28-49(36)41(51)35(47-43(53)56-31-17-9-10-18-31)21-8-3-1-2-7-16-30-27-44(30,48-39)42(52)54-24-23-29-14-5-4-6-15-29/h4-7,11-16,19-20,22,25,30-32,35-36H,1-3,8-10,17-18,21,23-24,26-28H2,(H,47,53)(H,48,50)/b16-7-/t30?,32-,35-,36?,44?/m1/s1. The molecule has 3 unspecified atom stereocenters. The monoisotopic (exact) mass is 791 g/mol. The molecule has 0 radical (unpaired) electrons. The van der Waals surface area contributed by atoms with Gasteiger partial charge in [-0.3, -0.25) is 9.59 Å². The van der Waals surface area contributed by atoms with Crippen LogP contribution in [-0.4, -0.2) is 81.7 Å². The first-order valence-electron chi connectivity index (χ1n) is 20.3. The van der Waals surface area contributed by atoms with Crippen molar-refractivity contribution < 1.29 is 33.4 Å². The minimum atomic E-state index is -1.25. The molecule has 0 bridgehead atoms. The maximum atomic E-state index is 14.7. The van der Waals surface area contributed by atoms with E-state index in [1.165, 1.54) is 16.2 Å². The fraction of sp³-hybridized carbons (Fsp3) is 0.455. The molecular formula is C44H49N5O7S. The number of benzene rings is 2. The third-order valence-electron chi connectivity index (χ3n) is 11.5. The number of amides is 3. The van der Waals surface area contributed by atoms with Gasteiger partial charge in [0.15, 0.2) is 0 Å². The van der Waals surface area contributed by atoms with Crippen molar-refractivity contribution in [1.29, 1.82) is 0 Å². The lowest BCUT2D eigenvalue weighted by Gasteiger charge is -2.29. The second kappa shape index (κ2) is 17.5. The summed E-state index contributed by atoms with van der Waals surface area (Å²) in [6.45, 7) is 0.230. The van der Waals surface area contributed by atoms with Crippen LogP contribution < -0.4 is 15.4 Å². The number of ether oxygens (including phenoxy) is 3. The van der Waals surface area contributed by atoms with Crippen molar-refractivity contribution in [3.63, 3.8) is 0 Å². The van der Waals surface area contributed by atoms with Gasteiger partial charge in [0.1, 0.15) is 35.5 Å². The molecule has 2 aromatic carbocycles. The highest BCUT2D eigenvalue weighted by atomic mass is 32.1. The van der Waals surface area contributed by atoms with Crippen molar-refractivity contribution in [3.8, 4) is 16.5 Å². The number of rotatable bonds is 9. The van der Waals surface area contributed by atoms with Gasteiger partial charge in [0.2, 0.25) is 17.7 Å². The topological polar surface area (TPSA) is 149 Å². The van der Waals surface area contributed by atoms with Gasteiger partial charge in [0.25, 0.3) is 0 Å². The van der Waals surface area contributed by atoms with Gasteiger partial charge in [-0.1, -0.05) is 73.5 Å². The summed E-state index contributed by atoms with van der Waals surface area (Å²) in [5.74, 6) is -1.30. The van der Waals surface area contributed by atoms with Crippen molar-refractivity contribution in [2.45, 2.75) is 107 Å². The summed E-state index contributed by atoms with van der Waals surface area (Å²) < 4.78 is 18.2. The fourth-order valence-electron chi connectivity index (χ4n) is 8.30. The molecule has 298 valence electrons. The molecule has 2 N–H and O–H groups in total. The lowest BCUT2D eigenvalue weighted by atomic mass is 10.0. The van der Waals surface area contributed by atoms with Gasteiger partial charge in [0, 0.05) is 18.8 Å². The number of esters is 1. The van der Waals surface area contributed by atoms with Crippen LogP contribution in [0.25, 0.3) is 21.6 Å². The lowest BCUT2D eigenvalue weighted by Crippen LogP contribution is -2.56. The number of hydrogen-bond acceptors (Lipinski definition) is 10. The normalized spacial score (nSPS) is 26.0. The largest absolute Gasteiger partial charge is 0.471 e. The summed E-state index contributed by atoms with van der Waals surface area (Å²) in [4.78, 5) is 68.5.